The molecule has 1 rings (SSSR count). The first-order chi connectivity index (χ1) is 7.65. The van der Waals surface area contributed by atoms with Gasteiger partial charge in [0.2, 0.25) is 11.8 Å². The number of nitrogens with two attached hydrogens (primary N) is 1. The summed E-state index contributed by atoms with van der Waals surface area (Å²) in [6, 6.07) is -0.298. The van der Waals surface area contributed by atoms with Gasteiger partial charge in [-0.25, -0.2) is 0 Å². The van der Waals surface area contributed by atoms with Crippen LogP contribution in [-0.4, -0.2) is 55.6 Å². The van der Waals surface area contributed by atoms with Gasteiger partial charge in [-0.2, -0.15) is 0 Å². The van der Waals surface area contributed by atoms with Crippen LogP contribution in [0, 0.1) is 0 Å². The zero-order valence-corrected chi connectivity index (χ0v) is 9.57. The average molecular weight is 229 g/mol. The maximum absolute atomic E-state index is 11.7. The molecule has 1 atom stereocenters. The molecule has 16 heavy (non-hydrogen) atoms. The van der Waals surface area contributed by atoms with Gasteiger partial charge >= 0.3 is 0 Å². The molecular weight excluding hydrogens is 210 g/mol. The van der Waals surface area contributed by atoms with E-state index >= 15 is 0 Å². The van der Waals surface area contributed by atoms with Gasteiger partial charge in [0.15, 0.2) is 0 Å². The number of nitrogens with zero attached hydrogens (tertiary/aromatic N) is 1. The van der Waals surface area contributed by atoms with E-state index in [-0.39, 0.29) is 24.3 Å². The first-order valence-corrected chi connectivity index (χ1v) is 5.53. The summed E-state index contributed by atoms with van der Waals surface area (Å²) in [6.07, 6.45) is 0.274. The summed E-state index contributed by atoms with van der Waals surface area (Å²) in [5, 5.41) is 2.76. The molecule has 0 bridgehead atoms. The molecule has 1 unspecified atom stereocenters. The molecule has 0 radical (unpaired) electrons. The first-order valence-electron chi connectivity index (χ1n) is 5.53. The second-order valence-electron chi connectivity index (χ2n) is 3.74. The van der Waals surface area contributed by atoms with Crippen LogP contribution < -0.4 is 11.1 Å². The van der Waals surface area contributed by atoms with Gasteiger partial charge in [-0.05, 0) is 6.92 Å². The van der Waals surface area contributed by atoms with Gasteiger partial charge in [-0.15, -0.1) is 0 Å². The van der Waals surface area contributed by atoms with Gasteiger partial charge < -0.3 is 15.8 Å². The molecule has 0 aliphatic carbocycles. The van der Waals surface area contributed by atoms with E-state index in [1.165, 1.54) is 0 Å². The molecule has 0 aromatic carbocycles. The Hall–Kier alpha value is -1.14. The van der Waals surface area contributed by atoms with Crippen molar-refractivity contribution in [3.63, 3.8) is 0 Å². The van der Waals surface area contributed by atoms with Crippen LogP contribution in [-0.2, 0) is 14.3 Å². The number of amides is 2. The van der Waals surface area contributed by atoms with Gasteiger partial charge in [0, 0.05) is 26.1 Å². The Kier molecular flexibility index (Phi) is 5.21. The highest BCUT2D eigenvalue weighted by Gasteiger charge is 2.28. The third-order valence-corrected chi connectivity index (χ3v) is 2.54. The predicted octanol–water partition coefficient (Wildman–Crippen LogP) is -1.30. The molecule has 6 heteroatoms. The fourth-order valence-electron chi connectivity index (χ4n) is 1.69. The Bertz CT molecular complexity index is 258. The van der Waals surface area contributed by atoms with Gasteiger partial charge in [-0.1, -0.05) is 0 Å². The molecule has 0 aromatic rings. The summed E-state index contributed by atoms with van der Waals surface area (Å²) in [5.74, 6) is -0.396. The molecule has 1 saturated heterocycles. The minimum Gasteiger partial charge on any atom is -0.378 e. The highest BCUT2D eigenvalue weighted by molar-refractivity contribution is 5.82. The number of morpholine rings is 1. The van der Waals surface area contributed by atoms with Crippen LogP contribution in [0.4, 0.5) is 0 Å². The molecule has 92 valence electrons. The highest BCUT2D eigenvalue weighted by atomic mass is 16.5. The third kappa shape index (κ3) is 3.79. The van der Waals surface area contributed by atoms with Crippen LogP contribution in [0.25, 0.3) is 0 Å². The molecule has 0 saturated carbocycles. The fraction of sp³-hybridized carbons (Fsp3) is 0.800. The van der Waals surface area contributed by atoms with Crippen molar-refractivity contribution in [1.82, 2.24) is 10.2 Å². The van der Waals surface area contributed by atoms with Crippen molar-refractivity contribution < 1.29 is 14.3 Å². The highest BCUT2D eigenvalue weighted by Crippen LogP contribution is 2.07. The number of hydrogen-bond acceptors (Lipinski definition) is 4. The van der Waals surface area contributed by atoms with Crippen molar-refractivity contribution in [2.45, 2.75) is 19.4 Å². The molecular formula is C10H19N3O3. The van der Waals surface area contributed by atoms with Gasteiger partial charge in [0.1, 0.15) is 6.04 Å². The molecule has 1 aliphatic rings. The summed E-state index contributed by atoms with van der Waals surface area (Å²) in [6.45, 7) is 4.61. The number of primary amides is 1. The topological polar surface area (TPSA) is 84.7 Å². The predicted molar refractivity (Wildman–Crippen MR) is 58.7 cm³/mol. The SMILES string of the molecule is CCNC(=O)C1COCCN1CCC(N)=O. The Morgan fingerprint density at radius 1 is 1.56 bits per heavy atom. The smallest absolute Gasteiger partial charge is 0.239 e. The van der Waals surface area contributed by atoms with Gasteiger partial charge in [-0.3, -0.25) is 14.5 Å². The molecule has 6 nitrogen and oxygen atoms in total. The average Bonchev–Trinajstić information content (AvgIpc) is 2.27. The largest absolute Gasteiger partial charge is 0.378 e. The van der Waals surface area contributed by atoms with E-state index < -0.39 is 0 Å². The standard InChI is InChI=1S/C10H19N3O3/c1-2-12-10(15)8-7-16-6-5-13(8)4-3-9(11)14/h8H,2-7H2,1H3,(H2,11,14)(H,12,15). The second kappa shape index (κ2) is 6.44. The lowest BCUT2D eigenvalue weighted by atomic mass is 10.2. The molecule has 0 aromatic heterocycles. The lowest BCUT2D eigenvalue weighted by molar-refractivity contribution is -0.133. The summed E-state index contributed by atoms with van der Waals surface area (Å²) < 4.78 is 5.27. The van der Waals surface area contributed by atoms with Crippen LogP contribution >= 0.6 is 0 Å². The van der Waals surface area contributed by atoms with Crippen molar-refractivity contribution in [2.24, 2.45) is 5.73 Å². The number of rotatable bonds is 5. The van der Waals surface area contributed by atoms with Crippen molar-refractivity contribution >= 4 is 11.8 Å². The number of hydrogen-bond donors (Lipinski definition) is 2. The van der Waals surface area contributed by atoms with Crippen LogP contribution in [0.15, 0.2) is 0 Å². The Morgan fingerprint density at radius 2 is 2.31 bits per heavy atom. The van der Waals surface area contributed by atoms with E-state index in [9.17, 15) is 9.59 Å². The van der Waals surface area contributed by atoms with E-state index in [2.05, 4.69) is 5.32 Å². The minimum absolute atomic E-state index is 0.0494. The van der Waals surface area contributed by atoms with Crippen molar-refractivity contribution in [1.29, 1.82) is 0 Å². The Morgan fingerprint density at radius 3 is 2.94 bits per heavy atom. The summed E-state index contributed by atoms with van der Waals surface area (Å²) in [7, 11) is 0. The Labute approximate surface area is 95.1 Å². The van der Waals surface area contributed by atoms with Crippen molar-refractivity contribution in [3.05, 3.63) is 0 Å². The monoisotopic (exact) mass is 229 g/mol. The minimum atomic E-state index is -0.346. The lowest BCUT2D eigenvalue weighted by Gasteiger charge is -2.34. The maximum atomic E-state index is 11.7. The lowest BCUT2D eigenvalue weighted by Crippen LogP contribution is -2.54. The molecule has 1 heterocycles. The molecule has 1 fully saturated rings. The van der Waals surface area contributed by atoms with Crippen LogP contribution in [0.1, 0.15) is 13.3 Å². The van der Waals surface area contributed by atoms with Crippen LogP contribution in [0.2, 0.25) is 0 Å². The van der Waals surface area contributed by atoms with Crippen LogP contribution in [0.5, 0.6) is 0 Å². The van der Waals surface area contributed by atoms with Crippen molar-refractivity contribution in [2.75, 3.05) is 32.8 Å². The molecule has 1 aliphatic heterocycles. The zero-order valence-electron chi connectivity index (χ0n) is 9.57. The number of ether oxygens (including phenoxy) is 1. The number of carbonyl (C=O) groups is 2. The van der Waals surface area contributed by atoms with E-state index in [1.807, 2.05) is 11.8 Å². The third-order valence-electron chi connectivity index (χ3n) is 2.54. The van der Waals surface area contributed by atoms with Gasteiger partial charge in [0.25, 0.3) is 0 Å². The Balaban J connectivity index is 2.49. The normalized spacial score (nSPS) is 21.7. The molecule has 3 N–H and O–H groups in total. The summed E-state index contributed by atoms with van der Waals surface area (Å²) in [4.78, 5) is 24.4. The zero-order chi connectivity index (χ0) is 12.0. The van der Waals surface area contributed by atoms with Crippen molar-refractivity contribution in [3.8, 4) is 0 Å². The maximum Gasteiger partial charge on any atom is 0.239 e. The number of likely N-dealkylation sites (N-methyl/N-ethyl adjacent to an activating group) is 1. The first kappa shape index (κ1) is 12.9. The van der Waals surface area contributed by atoms with E-state index in [4.69, 9.17) is 10.5 Å². The summed E-state index contributed by atoms with van der Waals surface area (Å²) >= 11 is 0. The van der Waals surface area contributed by atoms with E-state index in [0.717, 1.165) is 0 Å². The molecule has 2 amide bonds. The molecule has 0 spiro atoms. The van der Waals surface area contributed by atoms with Crippen LogP contribution in [0.3, 0.4) is 0 Å². The quantitative estimate of drug-likeness (QED) is 0.613. The number of carbonyl (C=O) groups excluding carboxylic acids is 2. The summed E-state index contributed by atoms with van der Waals surface area (Å²) in [5.41, 5.74) is 5.09. The van der Waals surface area contributed by atoms with Gasteiger partial charge in [0.05, 0.1) is 13.2 Å². The number of nitrogens with one attached hydrogen (secondary N) is 1. The van der Waals surface area contributed by atoms with E-state index in [0.29, 0.717) is 32.8 Å². The fourth-order valence-corrected chi connectivity index (χ4v) is 1.69. The second-order valence-corrected chi connectivity index (χ2v) is 3.74. The van der Waals surface area contributed by atoms with E-state index in [1.54, 1.807) is 0 Å².